The summed E-state index contributed by atoms with van der Waals surface area (Å²) in [5, 5.41) is 3.38. The van der Waals surface area contributed by atoms with Crippen molar-refractivity contribution < 1.29 is 4.42 Å². The highest BCUT2D eigenvalue weighted by atomic mass is 16.3. The van der Waals surface area contributed by atoms with Crippen molar-refractivity contribution in [2.24, 2.45) is 0 Å². The van der Waals surface area contributed by atoms with Crippen molar-refractivity contribution in [1.29, 1.82) is 0 Å². The molecule has 3 heteroatoms. The smallest absolute Gasteiger partial charge is 0.118 e. The van der Waals surface area contributed by atoms with Gasteiger partial charge in [0.05, 0.1) is 13.1 Å². The van der Waals surface area contributed by atoms with E-state index in [9.17, 15) is 0 Å². The lowest BCUT2D eigenvalue weighted by atomic mass is 10.2. The van der Waals surface area contributed by atoms with Crippen LogP contribution in [0.2, 0.25) is 0 Å². The average Bonchev–Trinajstić information content (AvgIpc) is 3.07. The van der Waals surface area contributed by atoms with E-state index in [0.717, 1.165) is 43.7 Å². The highest BCUT2D eigenvalue weighted by Gasteiger charge is 2.22. The summed E-state index contributed by atoms with van der Waals surface area (Å²) < 4.78 is 5.92. The Bertz CT molecular complexity index is 355. The minimum Gasteiger partial charge on any atom is -0.463 e. The van der Waals surface area contributed by atoms with E-state index in [1.54, 1.807) is 0 Å². The summed E-state index contributed by atoms with van der Waals surface area (Å²) in [6.45, 7) is 8.43. The van der Waals surface area contributed by atoms with E-state index in [2.05, 4.69) is 36.2 Å². The molecule has 3 nitrogen and oxygen atoms in total. The molecule has 1 aromatic rings. The second-order valence-corrected chi connectivity index (χ2v) is 5.55. The van der Waals surface area contributed by atoms with Crippen LogP contribution in [0.1, 0.15) is 57.5 Å². The van der Waals surface area contributed by atoms with Gasteiger partial charge in [0.2, 0.25) is 0 Å². The maximum atomic E-state index is 5.92. The third-order valence-electron chi connectivity index (χ3n) is 4.05. The van der Waals surface area contributed by atoms with Crippen LogP contribution in [0.5, 0.6) is 0 Å². The predicted octanol–water partition coefficient (Wildman–Crippen LogP) is 3.54. The van der Waals surface area contributed by atoms with Crippen LogP contribution in [0.4, 0.5) is 0 Å². The Morgan fingerprint density at radius 2 is 1.95 bits per heavy atom. The Kier molecular flexibility index (Phi) is 5.93. The Labute approximate surface area is 117 Å². The summed E-state index contributed by atoms with van der Waals surface area (Å²) in [4.78, 5) is 2.56. The first-order chi connectivity index (χ1) is 9.33. The Hall–Kier alpha value is -0.800. The quantitative estimate of drug-likeness (QED) is 0.728. The van der Waals surface area contributed by atoms with E-state index < -0.39 is 0 Å². The fraction of sp³-hybridized carbons (Fsp3) is 0.750. The maximum absolute atomic E-state index is 5.92. The molecule has 0 atom stereocenters. The van der Waals surface area contributed by atoms with Crippen LogP contribution in [-0.4, -0.2) is 24.0 Å². The van der Waals surface area contributed by atoms with Gasteiger partial charge in [-0.05, 0) is 44.5 Å². The maximum Gasteiger partial charge on any atom is 0.118 e. The molecule has 0 spiro atoms. The molecule has 1 aliphatic carbocycles. The SMILES string of the molecule is CCCNCc1ccc(CN(CC)C2CCCC2)o1. The Morgan fingerprint density at radius 3 is 2.63 bits per heavy atom. The first-order valence-electron chi connectivity index (χ1n) is 7.85. The highest BCUT2D eigenvalue weighted by molar-refractivity contribution is 5.07. The van der Waals surface area contributed by atoms with E-state index in [4.69, 9.17) is 4.42 Å². The van der Waals surface area contributed by atoms with Crippen molar-refractivity contribution >= 4 is 0 Å². The molecule has 19 heavy (non-hydrogen) atoms. The summed E-state index contributed by atoms with van der Waals surface area (Å²) in [6.07, 6.45) is 6.68. The van der Waals surface area contributed by atoms with E-state index in [0.29, 0.717) is 0 Å². The van der Waals surface area contributed by atoms with Crippen molar-refractivity contribution in [1.82, 2.24) is 10.2 Å². The lowest BCUT2D eigenvalue weighted by molar-refractivity contribution is 0.184. The van der Waals surface area contributed by atoms with Gasteiger partial charge in [-0.2, -0.15) is 0 Å². The van der Waals surface area contributed by atoms with Crippen molar-refractivity contribution in [3.05, 3.63) is 23.7 Å². The lowest BCUT2D eigenvalue weighted by Gasteiger charge is -2.26. The van der Waals surface area contributed by atoms with Crippen LogP contribution in [0.3, 0.4) is 0 Å². The third-order valence-corrected chi connectivity index (χ3v) is 4.05. The van der Waals surface area contributed by atoms with Crippen LogP contribution in [0.15, 0.2) is 16.5 Å². The molecule has 1 heterocycles. The van der Waals surface area contributed by atoms with Gasteiger partial charge in [0.25, 0.3) is 0 Å². The molecule has 1 aromatic heterocycles. The standard InChI is InChI=1S/C16H28N2O/c1-3-11-17-12-15-9-10-16(19-15)13-18(4-2)14-7-5-6-8-14/h9-10,14,17H,3-8,11-13H2,1-2H3. The molecule has 2 rings (SSSR count). The molecule has 0 aliphatic heterocycles. The molecule has 0 aromatic carbocycles. The van der Waals surface area contributed by atoms with Crippen molar-refractivity contribution in [3.8, 4) is 0 Å². The summed E-state index contributed by atoms with van der Waals surface area (Å²) in [7, 11) is 0. The molecule has 1 N–H and O–H groups in total. The third kappa shape index (κ3) is 4.36. The lowest BCUT2D eigenvalue weighted by Crippen LogP contribution is -2.32. The number of nitrogens with zero attached hydrogens (tertiary/aromatic N) is 1. The predicted molar refractivity (Wildman–Crippen MR) is 79.0 cm³/mol. The van der Waals surface area contributed by atoms with Crippen LogP contribution in [-0.2, 0) is 13.1 Å². The van der Waals surface area contributed by atoms with Gasteiger partial charge < -0.3 is 9.73 Å². The van der Waals surface area contributed by atoms with Gasteiger partial charge >= 0.3 is 0 Å². The van der Waals surface area contributed by atoms with Gasteiger partial charge in [-0.25, -0.2) is 0 Å². The van der Waals surface area contributed by atoms with E-state index in [1.165, 1.54) is 32.1 Å². The molecule has 0 radical (unpaired) electrons. The topological polar surface area (TPSA) is 28.4 Å². The van der Waals surface area contributed by atoms with Crippen molar-refractivity contribution in [2.45, 2.75) is 65.1 Å². The fourth-order valence-corrected chi connectivity index (χ4v) is 2.96. The summed E-state index contributed by atoms with van der Waals surface area (Å²) in [5.41, 5.74) is 0. The molecule has 108 valence electrons. The second kappa shape index (κ2) is 7.71. The van der Waals surface area contributed by atoms with Crippen LogP contribution < -0.4 is 5.32 Å². The molecule has 0 amide bonds. The Balaban J connectivity index is 1.83. The summed E-state index contributed by atoms with van der Waals surface area (Å²) in [6, 6.07) is 5.03. The van der Waals surface area contributed by atoms with Crippen LogP contribution >= 0.6 is 0 Å². The monoisotopic (exact) mass is 264 g/mol. The highest BCUT2D eigenvalue weighted by Crippen LogP contribution is 2.25. The zero-order valence-corrected chi connectivity index (χ0v) is 12.5. The number of hydrogen-bond donors (Lipinski definition) is 1. The molecule has 0 bridgehead atoms. The van der Waals surface area contributed by atoms with Crippen molar-refractivity contribution in [3.63, 3.8) is 0 Å². The fourth-order valence-electron chi connectivity index (χ4n) is 2.96. The van der Waals surface area contributed by atoms with Gasteiger partial charge in [0, 0.05) is 6.04 Å². The first kappa shape index (κ1) is 14.6. The molecule has 0 saturated heterocycles. The van der Waals surface area contributed by atoms with E-state index in [1.807, 2.05) is 0 Å². The van der Waals surface area contributed by atoms with Gasteiger partial charge in [-0.1, -0.05) is 26.7 Å². The van der Waals surface area contributed by atoms with Gasteiger partial charge in [-0.15, -0.1) is 0 Å². The summed E-state index contributed by atoms with van der Waals surface area (Å²) >= 11 is 0. The van der Waals surface area contributed by atoms with Crippen molar-refractivity contribution in [2.75, 3.05) is 13.1 Å². The largest absolute Gasteiger partial charge is 0.463 e. The molecule has 0 unspecified atom stereocenters. The minimum absolute atomic E-state index is 0.775. The number of nitrogens with one attached hydrogen (secondary N) is 1. The number of rotatable bonds is 8. The van der Waals surface area contributed by atoms with Crippen LogP contribution in [0, 0.1) is 0 Å². The second-order valence-electron chi connectivity index (χ2n) is 5.55. The molecular weight excluding hydrogens is 236 g/mol. The Morgan fingerprint density at radius 1 is 1.21 bits per heavy atom. The number of furan rings is 1. The first-order valence-corrected chi connectivity index (χ1v) is 7.85. The van der Waals surface area contributed by atoms with Gasteiger partial charge in [-0.3, -0.25) is 4.90 Å². The number of hydrogen-bond acceptors (Lipinski definition) is 3. The minimum atomic E-state index is 0.775. The molecule has 1 fully saturated rings. The zero-order valence-electron chi connectivity index (χ0n) is 12.5. The normalized spacial score (nSPS) is 16.6. The molecule has 1 aliphatic rings. The average molecular weight is 264 g/mol. The summed E-state index contributed by atoms with van der Waals surface area (Å²) in [5.74, 6) is 2.17. The van der Waals surface area contributed by atoms with Gasteiger partial charge in [0.15, 0.2) is 0 Å². The van der Waals surface area contributed by atoms with Gasteiger partial charge in [0.1, 0.15) is 11.5 Å². The van der Waals surface area contributed by atoms with E-state index >= 15 is 0 Å². The van der Waals surface area contributed by atoms with Crippen LogP contribution in [0.25, 0.3) is 0 Å². The zero-order chi connectivity index (χ0) is 13.5. The molecular formula is C16H28N2O. The molecule has 1 saturated carbocycles. The van der Waals surface area contributed by atoms with E-state index in [-0.39, 0.29) is 0 Å².